The fourth-order valence-electron chi connectivity index (χ4n) is 6.82. The van der Waals surface area contributed by atoms with Gasteiger partial charge in [0.1, 0.15) is 0 Å². The summed E-state index contributed by atoms with van der Waals surface area (Å²) < 4.78 is 5.31. The van der Waals surface area contributed by atoms with Crippen molar-refractivity contribution in [1.82, 2.24) is 10.2 Å². The van der Waals surface area contributed by atoms with Gasteiger partial charge in [0.05, 0.1) is 13.2 Å². The zero-order valence-corrected chi connectivity index (χ0v) is 17.2. The topological polar surface area (TPSA) is 58.6 Å². The van der Waals surface area contributed by atoms with E-state index in [1.165, 1.54) is 38.5 Å². The second-order valence-electron chi connectivity index (χ2n) is 9.97. The van der Waals surface area contributed by atoms with Crippen molar-refractivity contribution < 1.29 is 14.3 Å². The standard InChI is InChI=1S/C24H32N2O3/c27-22(15-24-12-18-9-19(13-24)11-20(10-18)14-24)25-16-17-1-3-21(4-2-17)23(28)26-5-7-29-8-6-26/h1-4,18-20H,5-16H2,(H,25,27). The minimum Gasteiger partial charge on any atom is -0.378 e. The number of rotatable bonds is 5. The molecule has 29 heavy (non-hydrogen) atoms. The number of carbonyl (C=O) groups excluding carboxylic acids is 2. The highest BCUT2D eigenvalue weighted by atomic mass is 16.5. The average Bonchev–Trinajstić information content (AvgIpc) is 2.71. The first-order valence-corrected chi connectivity index (χ1v) is 11.3. The number of morpholine rings is 1. The van der Waals surface area contributed by atoms with E-state index in [4.69, 9.17) is 4.74 Å². The third-order valence-electron chi connectivity index (χ3n) is 7.69. The Kier molecular flexibility index (Phi) is 5.10. The van der Waals surface area contributed by atoms with Gasteiger partial charge in [0.2, 0.25) is 5.91 Å². The normalized spacial score (nSPS) is 33.0. The molecule has 0 atom stereocenters. The van der Waals surface area contributed by atoms with Gasteiger partial charge in [-0.05, 0) is 79.4 Å². The van der Waals surface area contributed by atoms with E-state index in [9.17, 15) is 9.59 Å². The molecule has 1 aromatic carbocycles. The van der Waals surface area contributed by atoms with E-state index in [0.29, 0.717) is 44.8 Å². The van der Waals surface area contributed by atoms with E-state index >= 15 is 0 Å². The summed E-state index contributed by atoms with van der Waals surface area (Å²) in [6, 6.07) is 7.66. The van der Waals surface area contributed by atoms with Crippen LogP contribution in [0.15, 0.2) is 24.3 Å². The van der Waals surface area contributed by atoms with Crippen LogP contribution in [0, 0.1) is 23.2 Å². The predicted octanol–water partition coefficient (Wildman–Crippen LogP) is 3.38. The van der Waals surface area contributed by atoms with Gasteiger partial charge in [0.15, 0.2) is 0 Å². The average molecular weight is 397 g/mol. The van der Waals surface area contributed by atoms with Gasteiger partial charge in [-0.1, -0.05) is 12.1 Å². The molecule has 5 heteroatoms. The lowest BCUT2D eigenvalue weighted by atomic mass is 9.49. The van der Waals surface area contributed by atoms with Crippen LogP contribution in [-0.2, 0) is 16.1 Å². The Morgan fingerprint density at radius 1 is 0.966 bits per heavy atom. The Hall–Kier alpha value is -1.88. The van der Waals surface area contributed by atoms with Gasteiger partial charge in [0, 0.05) is 31.6 Å². The summed E-state index contributed by atoms with van der Waals surface area (Å²) in [5.41, 5.74) is 2.03. The van der Waals surface area contributed by atoms with Gasteiger partial charge in [-0.3, -0.25) is 9.59 Å². The highest BCUT2D eigenvalue weighted by Gasteiger charge is 2.51. The molecule has 0 aromatic heterocycles. The zero-order chi connectivity index (χ0) is 19.8. The Bertz CT molecular complexity index is 732. The molecule has 4 saturated carbocycles. The van der Waals surface area contributed by atoms with Crippen molar-refractivity contribution in [3.05, 3.63) is 35.4 Å². The monoisotopic (exact) mass is 396 g/mol. The lowest BCUT2D eigenvalue weighted by molar-refractivity contribution is -0.129. The van der Waals surface area contributed by atoms with E-state index in [1.807, 2.05) is 29.2 Å². The number of hydrogen-bond donors (Lipinski definition) is 1. The van der Waals surface area contributed by atoms with Gasteiger partial charge in [-0.15, -0.1) is 0 Å². The van der Waals surface area contributed by atoms with Crippen LogP contribution in [0.5, 0.6) is 0 Å². The van der Waals surface area contributed by atoms with Crippen molar-refractivity contribution in [3.63, 3.8) is 0 Å². The van der Waals surface area contributed by atoms with Gasteiger partial charge in [-0.25, -0.2) is 0 Å². The lowest BCUT2D eigenvalue weighted by Crippen LogP contribution is -2.47. The molecule has 5 nitrogen and oxygen atoms in total. The highest BCUT2D eigenvalue weighted by Crippen LogP contribution is 2.61. The molecule has 0 spiro atoms. The number of carbonyl (C=O) groups is 2. The summed E-state index contributed by atoms with van der Waals surface area (Å²) in [4.78, 5) is 27.1. The Balaban J connectivity index is 1.13. The molecule has 5 fully saturated rings. The fourth-order valence-corrected chi connectivity index (χ4v) is 6.82. The van der Waals surface area contributed by atoms with Crippen molar-refractivity contribution in [2.75, 3.05) is 26.3 Å². The quantitative estimate of drug-likeness (QED) is 0.830. The van der Waals surface area contributed by atoms with Crippen molar-refractivity contribution in [3.8, 4) is 0 Å². The maximum Gasteiger partial charge on any atom is 0.254 e. The highest BCUT2D eigenvalue weighted by molar-refractivity contribution is 5.94. The number of amides is 2. The molecular weight excluding hydrogens is 364 g/mol. The third-order valence-corrected chi connectivity index (χ3v) is 7.69. The molecule has 0 unspecified atom stereocenters. The Morgan fingerprint density at radius 2 is 1.55 bits per heavy atom. The molecule has 1 heterocycles. The van der Waals surface area contributed by atoms with Crippen molar-refractivity contribution >= 4 is 11.8 Å². The number of hydrogen-bond acceptors (Lipinski definition) is 3. The minimum absolute atomic E-state index is 0.0608. The van der Waals surface area contributed by atoms with Crippen molar-refractivity contribution in [2.45, 2.75) is 51.5 Å². The molecule has 4 aliphatic carbocycles. The van der Waals surface area contributed by atoms with Crippen molar-refractivity contribution in [2.24, 2.45) is 23.2 Å². The van der Waals surface area contributed by atoms with Crippen LogP contribution in [0.1, 0.15) is 60.9 Å². The fraction of sp³-hybridized carbons (Fsp3) is 0.667. The van der Waals surface area contributed by atoms with Crippen LogP contribution >= 0.6 is 0 Å². The summed E-state index contributed by atoms with van der Waals surface area (Å²) in [6.07, 6.45) is 8.74. The number of nitrogens with zero attached hydrogens (tertiary/aromatic N) is 1. The van der Waals surface area contributed by atoms with Gasteiger partial charge >= 0.3 is 0 Å². The second kappa shape index (κ2) is 7.75. The molecule has 1 aromatic rings. The zero-order valence-electron chi connectivity index (χ0n) is 17.2. The predicted molar refractivity (Wildman–Crippen MR) is 110 cm³/mol. The smallest absolute Gasteiger partial charge is 0.254 e. The van der Waals surface area contributed by atoms with Crippen LogP contribution in [-0.4, -0.2) is 43.0 Å². The summed E-state index contributed by atoms with van der Waals surface area (Å²) in [5.74, 6) is 2.90. The molecule has 2 amide bonds. The van der Waals surface area contributed by atoms with E-state index in [2.05, 4.69) is 5.32 Å². The summed E-state index contributed by atoms with van der Waals surface area (Å²) in [7, 11) is 0. The van der Waals surface area contributed by atoms with Crippen LogP contribution in [0.25, 0.3) is 0 Å². The van der Waals surface area contributed by atoms with Gasteiger partial charge in [0.25, 0.3) is 5.91 Å². The first-order valence-electron chi connectivity index (χ1n) is 11.3. The Morgan fingerprint density at radius 3 is 2.14 bits per heavy atom. The molecule has 0 radical (unpaired) electrons. The molecule has 5 aliphatic rings. The SMILES string of the molecule is O=C(CC12CC3CC(CC(C3)C1)C2)NCc1ccc(C(=O)N2CCOCC2)cc1. The summed E-state index contributed by atoms with van der Waals surface area (Å²) in [6.45, 7) is 3.07. The van der Waals surface area contributed by atoms with E-state index in [-0.39, 0.29) is 17.2 Å². The molecule has 4 bridgehead atoms. The van der Waals surface area contributed by atoms with Crippen molar-refractivity contribution in [1.29, 1.82) is 0 Å². The minimum atomic E-state index is 0.0608. The van der Waals surface area contributed by atoms with Crippen LogP contribution in [0.3, 0.4) is 0 Å². The van der Waals surface area contributed by atoms with E-state index in [0.717, 1.165) is 23.3 Å². The van der Waals surface area contributed by atoms with Gasteiger partial charge in [-0.2, -0.15) is 0 Å². The second-order valence-corrected chi connectivity index (χ2v) is 9.97. The first-order chi connectivity index (χ1) is 14.1. The Labute approximate surface area is 173 Å². The van der Waals surface area contributed by atoms with Gasteiger partial charge < -0.3 is 15.0 Å². The maximum absolute atomic E-state index is 12.7. The largest absolute Gasteiger partial charge is 0.378 e. The number of ether oxygens (including phenoxy) is 1. The van der Waals surface area contributed by atoms with Crippen LogP contribution in [0.4, 0.5) is 0 Å². The molecular formula is C24H32N2O3. The van der Waals surface area contributed by atoms with Crippen LogP contribution in [0.2, 0.25) is 0 Å². The third kappa shape index (κ3) is 4.07. The summed E-state index contributed by atoms with van der Waals surface area (Å²) in [5, 5.41) is 3.14. The molecule has 156 valence electrons. The lowest BCUT2D eigenvalue weighted by Gasteiger charge is -2.56. The van der Waals surface area contributed by atoms with Crippen LogP contribution < -0.4 is 5.32 Å². The van der Waals surface area contributed by atoms with E-state index in [1.54, 1.807) is 0 Å². The number of nitrogens with one attached hydrogen (secondary N) is 1. The maximum atomic E-state index is 12.7. The number of benzene rings is 1. The molecule has 1 N–H and O–H groups in total. The first kappa shape index (κ1) is 19.1. The molecule has 1 aliphatic heterocycles. The van der Waals surface area contributed by atoms with E-state index < -0.39 is 0 Å². The molecule has 6 rings (SSSR count). The summed E-state index contributed by atoms with van der Waals surface area (Å²) >= 11 is 0. The molecule has 1 saturated heterocycles.